The van der Waals surface area contributed by atoms with Gasteiger partial charge in [-0.15, -0.1) is 0 Å². The second kappa shape index (κ2) is 8.44. The predicted molar refractivity (Wildman–Crippen MR) is 125 cm³/mol. The number of hydrogen-bond donors (Lipinski definition) is 2. The molecule has 0 radical (unpaired) electrons. The van der Waals surface area contributed by atoms with Crippen molar-refractivity contribution in [2.45, 2.75) is 12.6 Å². The number of carbonyl (C=O) groups excluding carboxylic acids is 2. The summed E-state index contributed by atoms with van der Waals surface area (Å²) in [6.45, 7) is 0.161. The lowest BCUT2D eigenvalue weighted by molar-refractivity contribution is -0.130. The molecule has 0 saturated carbocycles. The zero-order chi connectivity index (χ0) is 23.8. The minimum atomic E-state index is -0.914. The Hall–Kier alpha value is -4.52. The number of ether oxygens (including phenoxy) is 1. The van der Waals surface area contributed by atoms with E-state index in [1.54, 1.807) is 30.3 Å². The highest BCUT2D eigenvalue weighted by Crippen LogP contribution is 2.42. The van der Waals surface area contributed by atoms with Crippen molar-refractivity contribution < 1.29 is 29.0 Å². The van der Waals surface area contributed by atoms with Crippen molar-refractivity contribution >= 4 is 22.7 Å². The van der Waals surface area contributed by atoms with E-state index in [1.807, 2.05) is 42.5 Å². The molecule has 0 bridgehead atoms. The molecule has 170 valence electrons. The van der Waals surface area contributed by atoms with E-state index in [-0.39, 0.29) is 29.4 Å². The Kier molecular flexibility index (Phi) is 5.30. The summed E-state index contributed by atoms with van der Waals surface area (Å²) in [6, 6.07) is 21.7. The van der Waals surface area contributed by atoms with Gasteiger partial charge in [-0.25, -0.2) is 0 Å². The molecular weight excluding hydrogens is 434 g/mol. The predicted octanol–water partition coefficient (Wildman–Crippen LogP) is 4.93. The van der Waals surface area contributed by atoms with Gasteiger partial charge in [-0.05, 0) is 35.4 Å². The Morgan fingerprint density at radius 1 is 1.00 bits per heavy atom. The van der Waals surface area contributed by atoms with Crippen LogP contribution in [0.25, 0.3) is 11.0 Å². The van der Waals surface area contributed by atoms with Gasteiger partial charge in [0, 0.05) is 11.9 Å². The number of ketones is 1. The van der Waals surface area contributed by atoms with E-state index in [1.165, 1.54) is 18.1 Å². The van der Waals surface area contributed by atoms with Crippen LogP contribution in [0.3, 0.4) is 0 Å². The first-order chi connectivity index (χ1) is 16.5. The van der Waals surface area contributed by atoms with Gasteiger partial charge in [-0.1, -0.05) is 54.6 Å². The zero-order valence-electron chi connectivity index (χ0n) is 18.3. The number of para-hydroxylation sites is 1. The van der Waals surface area contributed by atoms with Crippen molar-refractivity contribution in [1.29, 1.82) is 0 Å². The monoisotopic (exact) mass is 455 g/mol. The molecule has 1 aliphatic heterocycles. The molecule has 0 aliphatic carbocycles. The number of nitrogens with zero attached hydrogens (tertiary/aromatic N) is 1. The van der Waals surface area contributed by atoms with E-state index < -0.39 is 23.5 Å². The molecule has 0 fully saturated rings. The van der Waals surface area contributed by atoms with Gasteiger partial charge in [0.2, 0.25) is 5.78 Å². The maximum atomic E-state index is 13.6. The maximum absolute atomic E-state index is 13.6. The number of hydrogen-bond acceptors (Lipinski definition) is 6. The molecule has 0 spiro atoms. The summed E-state index contributed by atoms with van der Waals surface area (Å²) in [7, 11) is 1.41. The minimum absolute atomic E-state index is 0.0212. The SMILES string of the molecule is COc1cc(C2C(C(=O)c3cc4ccccc4o3)=C(O)C(=O)N2Cc2ccccc2)ccc1O. The van der Waals surface area contributed by atoms with Crippen LogP contribution in [0.1, 0.15) is 27.7 Å². The number of aromatic hydroxyl groups is 1. The van der Waals surface area contributed by atoms with Gasteiger partial charge in [0.25, 0.3) is 5.91 Å². The van der Waals surface area contributed by atoms with Crippen molar-refractivity contribution in [1.82, 2.24) is 4.90 Å². The first kappa shape index (κ1) is 21.3. The lowest BCUT2D eigenvalue weighted by atomic mass is 9.94. The van der Waals surface area contributed by atoms with Crippen LogP contribution in [0.2, 0.25) is 0 Å². The number of methoxy groups -OCH3 is 1. The average Bonchev–Trinajstić information content (AvgIpc) is 3.40. The first-order valence-electron chi connectivity index (χ1n) is 10.7. The van der Waals surface area contributed by atoms with Gasteiger partial charge in [-0.2, -0.15) is 0 Å². The number of benzene rings is 3. The topological polar surface area (TPSA) is 100 Å². The molecule has 34 heavy (non-hydrogen) atoms. The smallest absolute Gasteiger partial charge is 0.290 e. The largest absolute Gasteiger partial charge is 0.504 e. The van der Waals surface area contributed by atoms with Crippen molar-refractivity contribution in [3.63, 3.8) is 0 Å². The molecule has 0 saturated heterocycles. The Labute approximate surface area is 195 Å². The molecule has 1 aromatic heterocycles. The van der Waals surface area contributed by atoms with Gasteiger partial charge in [-0.3, -0.25) is 9.59 Å². The standard InChI is InChI=1S/C27H21NO6/c1-33-21-14-18(11-12-19(21)29)24-23(25(30)22-13-17-9-5-6-10-20(17)34-22)26(31)27(32)28(24)15-16-7-3-2-4-8-16/h2-14,24,29,31H,15H2,1H3. The molecule has 1 unspecified atom stereocenters. The van der Waals surface area contributed by atoms with Crippen molar-refractivity contribution in [2.75, 3.05) is 7.11 Å². The summed E-state index contributed by atoms with van der Waals surface area (Å²) in [6.07, 6.45) is 0. The highest BCUT2D eigenvalue weighted by Gasteiger charge is 2.44. The summed E-state index contributed by atoms with van der Waals surface area (Å²) in [5.41, 5.74) is 1.77. The number of aliphatic hydroxyl groups is 1. The number of phenolic OH excluding ortho intramolecular Hbond substituents is 1. The Morgan fingerprint density at radius 2 is 1.74 bits per heavy atom. The average molecular weight is 455 g/mol. The molecule has 2 heterocycles. The number of Topliss-reactive ketones (excluding diaryl/α,β-unsaturated/α-hetero) is 1. The van der Waals surface area contributed by atoms with Gasteiger partial charge < -0.3 is 24.3 Å². The summed E-state index contributed by atoms with van der Waals surface area (Å²) >= 11 is 0. The van der Waals surface area contributed by atoms with Crippen molar-refractivity contribution in [2.24, 2.45) is 0 Å². The molecule has 1 amide bonds. The normalized spacial score (nSPS) is 15.9. The van der Waals surface area contributed by atoms with Crippen LogP contribution >= 0.6 is 0 Å². The molecule has 7 heteroatoms. The van der Waals surface area contributed by atoms with Crippen LogP contribution in [-0.2, 0) is 11.3 Å². The number of fused-ring (bicyclic) bond motifs is 1. The summed E-state index contributed by atoms with van der Waals surface area (Å²) in [5.74, 6) is -1.75. The molecule has 1 atom stereocenters. The fourth-order valence-corrected chi connectivity index (χ4v) is 4.27. The van der Waals surface area contributed by atoms with E-state index in [9.17, 15) is 19.8 Å². The minimum Gasteiger partial charge on any atom is -0.504 e. The molecule has 3 aromatic carbocycles. The lowest BCUT2D eigenvalue weighted by Gasteiger charge is -2.27. The van der Waals surface area contributed by atoms with Crippen LogP contribution in [0.5, 0.6) is 11.5 Å². The number of phenols is 1. The highest BCUT2D eigenvalue weighted by atomic mass is 16.5. The van der Waals surface area contributed by atoms with Gasteiger partial charge in [0.05, 0.1) is 18.7 Å². The third-order valence-corrected chi connectivity index (χ3v) is 5.91. The fraction of sp³-hybridized carbons (Fsp3) is 0.111. The number of furan rings is 1. The van der Waals surface area contributed by atoms with Gasteiger partial charge >= 0.3 is 0 Å². The van der Waals surface area contributed by atoms with Gasteiger partial charge in [0.15, 0.2) is 23.0 Å². The first-order valence-corrected chi connectivity index (χ1v) is 10.7. The Balaban J connectivity index is 1.63. The Bertz CT molecular complexity index is 1400. The number of carbonyl (C=O) groups is 2. The third-order valence-electron chi connectivity index (χ3n) is 5.91. The number of amides is 1. The van der Waals surface area contributed by atoms with E-state index in [2.05, 4.69) is 0 Å². The van der Waals surface area contributed by atoms with E-state index in [0.717, 1.165) is 10.9 Å². The second-order valence-electron chi connectivity index (χ2n) is 7.99. The highest BCUT2D eigenvalue weighted by molar-refractivity contribution is 6.16. The van der Waals surface area contributed by atoms with Crippen LogP contribution < -0.4 is 4.74 Å². The summed E-state index contributed by atoms with van der Waals surface area (Å²) in [5, 5.41) is 21.7. The second-order valence-corrected chi connectivity index (χ2v) is 7.99. The fourth-order valence-electron chi connectivity index (χ4n) is 4.27. The van der Waals surface area contributed by atoms with Crippen molar-refractivity contribution in [3.8, 4) is 11.5 Å². The maximum Gasteiger partial charge on any atom is 0.290 e. The lowest BCUT2D eigenvalue weighted by Crippen LogP contribution is -2.30. The van der Waals surface area contributed by atoms with Crippen LogP contribution in [-0.4, -0.2) is 33.9 Å². The molecule has 1 aliphatic rings. The van der Waals surface area contributed by atoms with Gasteiger partial charge in [0.1, 0.15) is 5.58 Å². The quantitative estimate of drug-likeness (QED) is 0.400. The molecule has 5 rings (SSSR count). The summed E-state index contributed by atoms with van der Waals surface area (Å²) < 4.78 is 11.0. The zero-order valence-corrected chi connectivity index (χ0v) is 18.3. The molecule has 4 aromatic rings. The van der Waals surface area contributed by atoms with Crippen LogP contribution in [0, 0.1) is 0 Å². The van der Waals surface area contributed by atoms with E-state index in [0.29, 0.717) is 11.1 Å². The summed E-state index contributed by atoms with van der Waals surface area (Å²) in [4.78, 5) is 28.2. The molecular formula is C27H21NO6. The Morgan fingerprint density at radius 3 is 2.47 bits per heavy atom. The van der Waals surface area contributed by atoms with Crippen molar-refractivity contribution in [3.05, 3.63) is 107 Å². The number of rotatable bonds is 6. The van der Waals surface area contributed by atoms with E-state index in [4.69, 9.17) is 9.15 Å². The third kappa shape index (κ3) is 3.57. The molecule has 7 nitrogen and oxygen atoms in total. The van der Waals surface area contributed by atoms with Crippen LogP contribution in [0.4, 0.5) is 0 Å². The van der Waals surface area contributed by atoms with Crippen LogP contribution in [0.15, 0.2) is 94.6 Å². The molecule has 2 N–H and O–H groups in total. The number of aliphatic hydroxyl groups excluding tert-OH is 1. The van der Waals surface area contributed by atoms with E-state index >= 15 is 0 Å².